The van der Waals surface area contributed by atoms with Crippen LogP contribution in [-0.4, -0.2) is 36.1 Å². The molecule has 0 saturated heterocycles. The van der Waals surface area contributed by atoms with Gasteiger partial charge in [0, 0.05) is 17.2 Å². The average Bonchev–Trinajstić information content (AvgIpc) is 3.25. The van der Waals surface area contributed by atoms with Crippen LogP contribution in [0.3, 0.4) is 0 Å². The molecule has 0 spiro atoms. The second-order valence-electron chi connectivity index (χ2n) is 7.08. The molecule has 0 aliphatic carbocycles. The van der Waals surface area contributed by atoms with E-state index in [1.165, 1.54) is 12.3 Å². The molecule has 0 aliphatic rings. The Hall–Kier alpha value is -4.47. The predicted molar refractivity (Wildman–Crippen MR) is 121 cm³/mol. The first kappa shape index (κ1) is 23.2. The van der Waals surface area contributed by atoms with Crippen molar-refractivity contribution in [3.63, 3.8) is 0 Å². The van der Waals surface area contributed by atoms with Gasteiger partial charge in [-0.2, -0.15) is 5.10 Å². The molecule has 2 aromatic carbocycles. The normalized spacial score (nSPS) is 10.7. The van der Waals surface area contributed by atoms with Gasteiger partial charge in [-0.05, 0) is 43.7 Å². The predicted octanol–water partition coefficient (Wildman–Crippen LogP) is 3.12. The van der Waals surface area contributed by atoms with Crippen LogP contribution in [-0.2, 0) is 9.59 Å². The standard InChI is InChI=1S/C23H22N4O6/c1-15-5-3-6-17(11-15)32-14-23(29)24-13-22(28)26-25-12-18-9-10-21(33-18)19-7-4-8-20(16(19)2)27(30)31/h3-12H,13-14H2,1-2H3,(H,24,29)(H,26,28)/b25-12-. The van der Waals surface area contributed by atoms with Gasteiger partial charge in [-0.25, -0.2) is 5.43 Å². The molecule has 3 aromatic rings. The first-order valence-corrected chi connectivity index (χ1v) is 9.96. The van der Waals surface area contributed by atoms with Crippen LogP contribution in [0.2, 0.25) is 0 Å². The number of hydrogen-bond acceptors (Lipinski definition) is 7. The lowest BCUT2D eigenvalue weighted by molar-refractivity contribution is -0.385. The zero-order chi connectivity index (χ0) is 23.8. The van der Waals surface area contributed by atoms with E-state index in [0.29, 0.717) is 28.4 Å². The highest BCUT2D eigenvalue weighted by Crippen LogP contribution is 2.30. The number of benzene rings is 2. The number of amides is 2. The Morgan fingerprint density at radius 1 is 1.12 bits per heavy atom. The van der Waals surface area contributed by atoms with Gasteiger partial charge < -0.3 is 14.5 Å². The van der Waals surface area contributed by atoms with E-state index in [0.717, 1.165) is 5.56 Å². The van der Waals surface area contributed by atoms with Crippen molar-refractivity contribution < 1.29 is 23.7 Å². The lowest BCUT2D eigenvalue weighted by Crippen LogP contribution is -2.37. The van der Waals surface area contributed by atoms with Gasteiger partial charge in [0.2, 0.25) is 0 Å². The van der Waals surface area contributed by atoms with Crippen molar-refractivity contribution in [1.29, 1.82) is 0 Å². The zero-order valence-electron chi connectivity index (χ0n) is 18.0. The van der Waals surface area contributed by atoms with Crippen LogP contribution in [0.1, 0.15) is 16.9 Å². The van der Waals surface area contributed by atoms with Crippen molar-refractivity contribution in [2.45, 2.75) is 13.8 Å². The Morgan fingerprint density at radius 2 is 1.91 bits per heavy atom. The minimum Gasteiger partial charge on any atom is -0.484 e. The number of nitrogens with zero attached hydrogens (tertiary/aromatic N) is 2. The fourth-order valence-corrected chi connectivity index (χ4v) is 2.95. The van der Waals surface area contributed by atoms with Crippen molar-refractivity contribution in [2.75, 3.05) is 13.2 Å². The van der Waals surface area contributed by atoms with Crippen molar-refractivity contribution in [3.8, 4) is 17.1 Å². The summed E-state index contributed by atoms with van der Waals surface area (Å²) in [5.41, 5.74) is 4.35. The Morgan fingerprint density at radius 3 is 2.67 bits per heavy atom. The van der Waals surface area contributed by atoms with E-state index >= 15 is 0 Å². The summed E-state index contributed by atoms with van der Waals surface area (Å²) >= 11 is 0. The number of carbonyl (C=O) groups is 2. The summed E-state index contributed by atoms with van der Waals surface area (Å²) in [5, 5.41) is 17.3. The minimum atomic E-state index is -0.531. The number of rotatable bonds is 9. The third-order valence-electron chi connectivity index (χ3n) is 4.58. The molecule has 1 heterocycles. The van der Waals surface area contributed by atoms with Crippen LogP contribution in [0.15, 0.2) is 64.1 Å². The fraction of sp³-hybridized carbons (Fsp3) is 0.174. The first-order valence-electron chi connectivity index (χ1n) is 9.96. The summed E-state index contributed by atoms with van der Waals surface area (Å²) in [7, 11) is 0. The van der Waals surface area contributed by atoms with Crippen molar-refractivity contribution in [2.24, 2.45) is 5.10 Å². The van der Waals surface area contributed by atoms with Crippen LogP contribution in [0.5, 0.6) is 5.75 Å². The molecule has 0 bridgehead atoms. The molecule has 1 aromatic heterocycles. The smallest absolute Gasteiger partial charge is 0.273 e. The van der Waals surface area contributed by atoms with Crippen LogP contribution in [0, 0.1) is 24.0 Å². The summed E-state index contributed by atoms with van der Waals surface area (Å²) in [6.45, 7) is 3.07. The number of carbonyl (C=O) groups excluding carboxylic acids is 2. The third kappa shape index (κ3) is 6.50. The number of furan rings is 1. The van der Waals surface area contributed by atoms with E-state index in [1.54, 1.807) is 43.3 Å². The molecule has 0 aliphatic heterocycles. The minimum absolute atomic E-state index is 0.00212. The molecule has 33 heavy (non-hydrogen) atoms. The maximum Gasteiger partial charge on any atom is 0.273 e. The van der Waals surface area contributed by atoms with Crippen molar-refractivity contribution in [3.05, 3.63) is 81.6 Å². The van der Waals surface area contributed by atoms with Crippen molar-refractivity contribution in [1.82, 2.24) is 10.7 Å². The number of ether oxygens (including phenoxy) is 1. The van der Waals surface area contributed by atoms with Gasteiger partial charge in [-0.1, -0.05) is 24.3 Å². The fourth-order valence-electron chi connectivity index (χ4n) is 2.95. The molecular weight excluding hydrogens is 428 g/mol. The largest absolute Gasteiger partial charge is 0.484 e. The van der Waals surface area contributed by atoms with Gasteiger partial charge in [-0.15, -0.1) is 0 Å². The van der Waals surface area contributed by atoms with Crippen LogP contribution >= 0.6 is 0 Å². The Bertz CT molecular complexity index is 1200. The molecule has 0 radical (unpaired) electrons. The number of nitro benzene ring substituents is 1. The summed E-state index contributed by atoms with van der Waals surface area (Å²) in [5.74, 6) is 0.365. The Labute approximate surface area is 189 Å². The highest BCUT2D eigenvalue weighted by Gasteiger charge is 2.16. The molecule has 2 N–H and O–H groups in total. The first-order chi connectivity index (χ1) is 15.8. The highest BCUT2D eigenvalue weighted by molar-refractivity contribution is 5.86. The number of aryl methyl sites for hydroxylation is 1. The second kappa shape index (κ2) is 10.7. The summed E-state index contributed by atoms with van der Waals surface area (Å²) < 4.78 is 11.0. The van der Waals surface area contributed by atoms with Crippen LogP contribution in [0.4, 0.5) is 5.69 Å². The Balaban J connectivity index is 1.46. The number of hydrazone groups is 1. The maximum atomic E-state index is 11.9. The zero-order valence-corrected chi connectivity index (χ0v) is 18.0. The van der Waals surface area contributed by atoms with E-state index < -0.39 is 16.7 Å². The van der Waals surface area contributed by atoms with E-state index in [1.807, 2.05) is 19.1 Å². The molecule has 0 fully saturated rings. The molecule has 2 amide bonds. The molecule has 10 nitrogen and oxygen atoms in total. The molecule has 0 saturated carbocycles. The molecule has 170 valence electrons. The Kier molecular flexibility index (Phi) is 7.53. The number of nitro groups is 1. The van der Waals surface area contributed by atoms with Crippen LogP contribution < -0.4 is 15.5 Å². The van der Waals surface area contributed by atoms with E-state index in [-0.39, 0.29) is 18.8 Å². The SMILES string of the molecule is Cc1cccc(OCC(=O)NCC(=O)N/N=C\c2ccc(-c3cccc([N+](=O)[O-])c3C)o2)c1. The van der Waals surface area contributed by atoms with Gasteiger partial charge in [0.15, 0.2) is 6.61 Å². The third-order valence-corrected chi connectivity index (χ3v) is 4.58. The molecule has 10 heteroatoms. The topological polar surface area (TPSA) is 136 Å². The summed E-state index contributed by atoms with van der Waals surface area (Å²) in [4.78, 5) is 34.3. The molecule has 3 rings (SSSR count). The molecule has 0 atom stereocenters. The molecule has 0 unspecified atom stereocenters. The lowest BCUT2D eigenvalue weighted by Gasteiger charge is -2.07. The van der Waals surface area contributed by atoms with Gasteiger partial charge in [-0.3, -0.25) is 19.7 Å². The summed E-state index contributed by atoms with van der Waals surface area (Å²) in [6.07, 6.45) is 1.29. The van der Waals surface area contributed by atoms with E-state index in [2.05, 4.69) is 15.8 Å². The number of hydrogen-bond donors (Lipinski definition) is 2. The van der Waals surface area contributed by atoms with E-state index in [9.17, 15) is 19.7 Å². The van der Waals surface area contributed by atoms with Gasteiger partial charge in [0.1, 0.15) is 17.3 Å². The lowest BCUT2D eigenvalue weighted by atomic mass is 10.1. The van der Waals surface area contributed by atoms with Gasteiger partial charge in [0.05, 0.1) is 17.7 Å². The number of nitrogens with one attached hydrogen (secondary N) is 2. The maximum absolute atomic E-state index is 11.9. The summed E-state index contributed by atoms with van der Waals surface area (Å²) in [6, 6.07) is 15.3. The van der Waals surface area contributed by atoms with Crippen LogP contribution in [0.25, 0.3) is 11.3 Å². The highest BCUT2D eigenvalue weighted by atomic mass is 16.6. The van der Waals surface area contributed by atoms with Gasteiger partial charge in [0.25, 0.3) is 17.5 Å². The monoisotopic (exact) mass is 450 g/mol. The molecular formula is C23H22N4O6. The van der Waals surface area contributed by atoms with Gasteiger partial charge >= 0.3 is 0 Å². The quantitative estimate of drug-likeness (QED) is 0.292. The average molecular weight is 450 g/mol. The van der Waals surface area contributed by atoms with Crippen molar-refractivity contribution >= 4 is 23.7 Å². The van der Waals surface area contributed by atoms with E-state index in [4.69, 9.17) is 9.15 Å². The second-order valence-corrected chi connectivity index (χ2v) is 7.08.